The number of sulfonamides is 1. The van der Waals surface area contributed by atoms with Crippen LogP contribution in [0.25, 0.3) is 0 Å². The van der Waals surface area contributed by atoms with Gasteiger partial charge in [0.1, 0.15) is 15.7 Å². The molecular formula is C14H12ClF3N2O3S. The summed E-state index contributed by atoms with van der Waals surface area (Å²) in [5.74, 6) is 0. The number of hydrogen-bond donors (Lipinski definition) is 1. The normalized spacial score (nSPS) is 12.2. The SMILES string of the molecule is COCc1ccccc1NS(=O)(=O)c1ccc(C(F)(F)F)nc1Cl. The van der Waals surface area contributed by atoms with Gasteiger partial charge >= 0.3 is 6.18 Å². The van der Waals surface area contributed by atoms with E-state index in [0.717, 1.165) is 6.07 Å². The third-order valence-electron chi connectivity index (χ3n) is 2.96. The van der Waals surface area contributed by atoms with E-state index >= 15 is 0 Å². The molecule has 2 rings (SSSR count). The van der Waals surface area contributed by atoms with Gasteiger partial charge in [0.2, 0.25) is 0 Å². The van der Waals surface area contributed by atoms with Crippen molar-refractivity contribution < 1.29 is 26.3 Å². The zero-order valence-electron chi connectivity index (χ0n) is 12.3. The topological polar surface area (TPSA) is 68.3 Å². The van der Waals surface area contributed by atoms with Crippen molar-refractivity contribution in [2.75, 3.05) is 11.8 Å². The Morgan fingerprint density at radius 3 is 2.46 bits per heavy atom. The number of ether oxygens (including phenoxy) is 1. The lowest BCUT2D eigenvalue weighted by Crippen LogP contribution is -2.17. The van der Waals surface area contributed by atoms with Crippen molar-refractivity contribution in [1.82, 2.24) is 4.98 Å². The highest BCUT2D eigenvalue weighted by Crippen LogP contribution is 2.31. The van der Waals surface area contributed by atoms with Crippen molar-refractivity contribution in [2.24, 2.45) is 0 Å². The number of nitrogens with one attached hydrogen (secondary N) is 1. The van der Waals surface area contributed by atoms with Gasteiger partial charge in [-0.15, -0.1) is 0 Å². The summed E-state index contributed by atoms with van der Waals surface area (Å²) in [6, 6.07) is 7.76. The summed E-state index contributed by atoms with van der Waals surface area (Å²) in [6.45, 7) is 0.150. The monoisotopic (exact) mass is 380 g/mol. The quantitative estimate of drug-likeness (QED) is 0.803. The summed E-state index contributed by atoms with van der Waals surface area (Å²) >= 11 is 5.63. The summed E-state index contributed by atoms with van der Waals surface area (Å²) < 4.78 is 69.7. The summed E-state index contributed by atoms with van der Waals surface area (Å²) in [5.41, 5.74) is -0.485. The van der Waals surface area contributed by atoms with E-state index in [-0.39, 0.29) is 12.3 Å². The van der Waals surface area contributed by atoms with E-state index in [1.165, 1.54) is 13.2 Å². The molecule has 1 heterocycles. The van der Waals surface area contributed by atoms with Crippen molar-refractivity contribution in [3.8, 4) is 0 Å². The number of pyridine rings is 1. The Morgan fingerprint density at radius 1 is 1.21 bits per heavy atom. The van der Waals surface area contributed by atoms with Gasteiger partial charge in [-0.3, -0.25) is 4.72 Å². The van der Waals surface area contributed by atoms with E-state index < -0.39 is 31.9 Å². The van der Waals surface area contributed by atoms with Gasteiger partial charge in [0.25, 0.3) is 10.0 Å². The lowest BCUT2D eigenvalue weighted by atomic mass is 10.2. The lowest BCUT2D eigenvalue weighted by Gasteiger charge is -2.13. The van der Waals surface area contributed by atoms with Crippen LogP contribution in [0.15, 0.2) is 41.3 Å². The van der Waals surface area contributed by atoms with Gasteiger partial charge in [-0.25, -0.2) is 13.4 Å². The molecule has 0 unspecified atom stereocenters. The zero-order chi connectivity index (χ0) is 18.0. The summed E-state index contributed by atoms with van der Waals surface area (Å²) in [6.07, 6.45) is -4.72. The van der Waals surface area contributed by atoms with E-state index in [2.05, 4.69) is 9.71 Å². The fourth-order valence-corrected chi connectivity index (χ4v) is 3.45. The molecule has 2 aromatic rings. The number of nitrogens with zero attached hydrogens (tertiary/aromatic N) is 1. The number of rotatable bonds is 5. The molecule has 130 valence electrons. The van der Waals surface area contributed by atoms with E-state index in [9.17, 15) is 21.6 Å². The third-order valence-corrected chi connectivity index (χ3v) is 4.75. The number of anilines is 1. The highest BCUT2D eigenvalue weighted by molar-refractivity contribution is 7.92. The number of halogens is 4. The van der Waals surface area contributed by atoms with Crippen LogP contribution in [0.4, 0.5) is 18.9 Å². The molecule has 10 heteroatoms. The number of hydrogen-bond acceptors (Lipinski definition) is 4. The molecule has 0 atom stereocenters. The molecule has 0 radical (unpaired) electrons. The number of benzene rings is 1. The molecule has 0 aliphatic heterocycles. The van der Waals surface area contributed by atoms with Crippen LogP contribution in [0.2, 0.25) is 5.15 Å². The van der Waals surface area contributed by atoms with Crippen LogP contribution in [0, 0.1) is 0 Å². The van der Waals surface area contributed by atoms with Crippen molar-refractivity contribution in [1.29, 1.82) is 0 Å². The Hall–Kier alpha value is -1.84. The van der Waals surface area contributed by atoms with Crippen molar-refractivity contribution in [3.05, 3.63) is 52.8 Å². The molecule has 0 spiro atoms. The fourth-order valence-electron chi connectivity index (χ4n) is 1.88. The first-order chi connectivity index (χ1) is 11.1. The highest BCUT2D eigenvalue weighted by atomic mass is 35.5. The Kier molecular flexibility index (Phi) is 5.36. The number of para-hydroxylation sites is 1. The average Bonchev–Trinajstić information content (AvgIpc) is 2.48. The molecule has 0 saturated heterocycles. The average molecular weight is 381 g/mol. The molecule has 1 aromatic carbocycles. The molecule has 1 aromatic heterocycles. The second-order valence-electron chi connectivity index (χ2n) is 4.68. The van der Waals surface area contributed by atoms with Crippen LogP contribution in [0.1, 0.15) is 11.3 Å². The fraction of sp³-hybridized carbons (Fsp3) is 0.214. The third kappa shape index (κ3) is 4.16. The highest BCUT2D eigenvalue weighted by Gasteiger charge is 2.34. The van der Waals surface area contributed by atoms with Crippen LogP contribution in [-0.2, 0) is 27.5 Å². The van der Waals surface area contributed by atoms with Gasteiger partial charge in [-0.05, 0) is 18.2 Å². The van der Waals surface area contributed by atoms with E-state index in [1.54, 1.807) is 18.2 Å². The van der Waals surface area contributed by atoms with Gasteiger partial charge < -0.3 is 4.74 Å². The zero-order valence-corrected chi connectivity index (χ0v) is 13.8. The second-order valence-corrected chi connectivity index (χ2v) is 6.69. The number of aromatic nitrogens is 1. The van der Waals surface area contributed by atoms with E-state index in [1.807, 2.05) is 0 Å². The molecule has 0 bridgehead atoms. The standard InChI is InChI=1S/C14H12ClF3N2O3S/c1-23-8-9-4-2-3-5-10(9)20-24(21,22)11-6-7-12(14(16,17)18)19-13(11)15/h2-7,20H,8H2,1H3. The first kappa shape index (κ1) is 18.5. The lowest BCUT2D eigenvalue weighted by molar-refractivity contribution is -0.141. The molecule has 5 nitrogen and oxygen atoms in total. The first-order valence-electron chi connectivity index (χ1n) is 6.48. The summed E-state index contributed by atoms with van der Waals surface area (Å²) in [7, 11) is -2.77. The smallest absolute Gasteiger partial charge is 0.380 e. The predicted octanol–water partition coefficient (Wildman–Crippen LogP) is 3.70. The molecule has 0 saturated carbocycles. The minimum absolute atomic E-state index is 0.150. The van der Waals surface area contributed by atoms with Gasteiger partial charge in [0, 0.05) is 12.7 Å². The van der Waals surface area contributed by atoms with Crippen LogP contribution < -0.4 is 4.72 Å². The minimum atomic E-state index is -4.72. The van der Waals surface area contributed by atoms with Gasteiger partial charge in [-0.2, -0.15) is 13.2 Å². The molecule has 24 heavy (non-hydrogen) atoms. The van der Waals surface area contributed by atoms with Crippen LogP contribution in [0.5, 0.6) is 0 Å². The van der Waals surface area contributed by atoms with Crippen molar-refractivity contribution in [2.45, 2.75) is 17.7 Å². The number of alkyl halides is 3. The Balaban J connectivity index is 2.38. The Bertz CT molecular complexity index is 841. The second kappa shape index (κ2) is 6.96. The van der Waals surface area contributed by atoms with Crippen LogP contribution >= 0.6 is 11.6 Å². The van der Waals surface area contributed by atoms with E-state index in [4.69, 9.17) is 16.3 Å². The maximum atomic E-state index is 12.6. The molecule has 0 amide bonds. The number of methoxy groups -OCH3 is 1. The molecule has 0 fully saturated rings. The van der Waals surface area contributed by atoms with Gasteiger partial charge in [0.05, 0.1) is 12.3 Å². The molecule has 1 N–H and O–H groups in total. The van der Waals surface area contributed by atoms with Crippen molar-refractivity contribution >= 4 is 27.3 Å². The predicted molar refractivity (Wildman–Crippen MR) is 82.2 cm³/mol. The summed E-state index contributed by atoms with van der Waals surface area (Å²) in [5, 5.41) is -0.762. The summed E-state index contributed by atoms with van der Waals surface area (Å²) in [4.78, 5) is 2.56. The van der Waals surface area contributed by atoms with Crippen LogP contribution in [-0.4, -0.2) is 20.5 Å². The van der Waals surface area contributed by atoms with Gasteiger partial charge in [-0.1, -0.05) is 29.8 Å². The Labute approximate surface area is 141 Å². The molecule has 0 aliphatic rings. The first-order valence-corrected chi connectivity index (χ1v) is 8.34. The van der Waals surface area contributed by atoms with E-state index in [0.29, 0.717) is 11.6 Å². The molecule has 0 aliphatic carbocycles. The molecular weight excluding hydrogens is 369 g/mol. The largest absolute Gasteiger partial charge is 0.433 e. The minimum Gasteiger partial charge on any atom is -0.380 e. The van der Waals surface area contributed by atoms with Crippen molar-refractivity contribution in [3.63, 3.8) is 0 Å². The van der Waals surface area contributed by atoms with Crippen LogP contribution in [0.3, 0.4) is 0 Å². The maximum absolute atomic E-state index is 12.6. The van der Waals surface area contributed by atoms with Gasteiger partial charge in [0.15, 0.2) is 0 Å². The maximum Gasteiger partial charge on any atom is 0.433 e. The Morgan fingerprint density at radius 2 is 1.88 bits per heavy atom.